The van der Waals surface area contributed by atoms with Gasteiger partial charge in [0.25, 0.3) is 0 Å². The lowest BCUT2D eigenvalue weighted by atomic mass is 10.2. The van der Waals surface area contributed by atoms with Crippen LogP contribution in [0.15, 0.2) is 47.2 Å². The number of rotatable bonds is 6. The summed E-state index contributed by atoms with van der Waals surface area (Å²) >= 11 is 9.48. The number of ether oxygens (including phenoxy) is 1. The maximum atomic E-state index is 13.1. The molecule has 0 aliphatic carbocycles. The Labute approximate surface area is 151 Å². The van der Waals surface area contributed by atoms with E-state index in [1.165, 1.54) is 18.5 Å². The van der Waals surface area contributed by atoms with Crippen LogP contribution in [0.2, 0.25) is 5.02 Å². The molecule has 8 heteroatoms. The van der Waals surface area contributed by atoms with Crippen molar-refractivity contribution in [3.05, 3.63) is 69.2 Å². The maximum absolute atomic E-state index is 13.1. The number of anilines is 1. The van der Waals surface area contributed by atoms with E-state index in [1.54, 1.807) is 6.07 Å². The van der Waals surface area contributed by atoms with Gasteiger partial charge in [-0.05, 0) is 30.3 Å². The second-order valence-electron chi connectivity index (χ2n) is 4.96. The second-order valence-corrected chi connectivity index (χ2v) is 6.29. The fourth-order valence-electron chi connectivity index (χ4n) is 2.09. The highest BCUT2D eigenvalue weighted by Gasteiger charge is 2.08. The first-order valence-corrected chi connectivity index (χ1v) is 8.23. The van der Waals surface area contributed by atoms with Gasteiger partial charge in [-0.1, -0.05) is 33.6 Å². The van der Waals surface area contributed by atoms with Crippen molar-refractivity contribution >= 4 is 33.5 Å². The minimum atomic E-state index is -0.371. The number of H-pyrrole nitrogens is 1. The smallest absolute Gasteiger partial charge is 0.218 e. The molecule has 0 amide bonds. The minimum Gasteiger partial charge on any atom is -0.488 e. The van der Waals surface area contributed by atoms with Crippen LogP contribution >= 0.6 is 27.5 Å². The Bertz CT molecular complexity index is 829. The van der Waals surface area contributed by atoms with Crippen LogP contribution in [0.25, 0.3) is 0 Å². The Morgan fingerprint density at radius 3 is 2.83 bits per heavy atom. The van der Waals surface area contributed by atoms with Gasteiger partial charge in [0.2, 0.25) is 5.95 Å². The Hall–Kier alpha value is -2.12. The molecule has 124 valence electrons. The molecule has 2 N–H and O–H groups in total. The highest BCUT2D eigenvalue weighted by atomic mass is 79.9. The summed E-state index contributed by atoms with van der Waals surface area (Å²) in [5.74, 6) is 0.900. The zero-order valence-electron chi connectivity index (χ0n) is 12.4. The molecule has 3 rings (SSSR count). The third-order valence-electron chi connectivity index (χ3n) is 3.28. The Balaban J connectivity index is 1.72. The Morgan fingerprint density at radius 1 is 1.21 bits per heavy atom. The van der Waals surface area contributed by atoms with Crippen LogP contribution in [-0.2, 0) is 13.2 Å². The third kappa shape index (κ3) is 4.24. The van der Waals surface area contributed by atoms with E-state index in [2.05, 4.69) is 36.4 Å². The summed E-state index contributed by atoms with van der Waals surface area (Å²) in [4.78, 5) is 4.01. The van der Waals surface area contributed by atoms with Crippen molar-refractivity contribution < 1.29 is 9.13 Å². The Morgan fingerprint density at radius 2 is 2.08 bits per heavy atom. The molecule has 1 heterocycles. The van der Waals surface area contributed by atoms with Gasteiger partial charge in [0.15, 0.2) is 0 Å². The average molecular weight is 412 g/mol. The number of benzene rings is 2. The largest absolute Gasteiger partial charge is 0.488 e. The summed E-state index contributed by atoms with van der Waals surface area (Å²) in [5, 5.41) is 9.98. The molecule has 2 aromatic carbocycles. The molecule has 0 atom stereocenters. The number of halogens is 3. The van der Waals surface area contributed by atoms with Gasteiger partial charge in [-0.15, -0.1) is 0 Å². The normalized spacial score (nSPS) is 10.6. The van der Waals surface area contributed by atoms with Gasteiger partial charge in [0.1, 0.15) is 24.5 Å². The van der Waals surface area contributed by atoms with E-state index in [0.717, 1.165) is 15.6 Å². The SMILES string of the molecule is Fc1ccc(COc2ccc(Br)cc2CNc2ncn[nH]2)c(Cl)c1. The van der Waals surface area contributed by atoms with Crippen LogP contribution in [0.1, 0.15) is 11.1 Å². The summed E-state index contributed by atoms with van der Waals surface area (Å²) in [5.41, 5.74) is 1.65. The van der Waals surface area contributed by atoms with Crippen molar-refractivity contribution in [2.45, 2.75) is 13.2 Å². The molecular formula is C16H13BrClFN4O. The molecule has 3 aromatic rings. The first-order valence-electron chi connectivity index (χ1n) is 7.06. The zero-order chi connectivity index (χ0) is 16.9. The molecule has 5 nitrogen and oxygen atoms in total. The number of hydrogen-bond donors (Lipinski definition) is 2. The lowest BCUT2D eigenvalue weighted by Crippen LogP contribution is -2.05. The topological polar surface area (TPSA) is 62.8 Å². The van der Waals surface area contributed by atoms with E-state index in [4.69, 9.17) is 16.3 Å². The molecule has 0 bridgehead atoms. The number of aromatic nitrogens is 3. The Kier molecular flexibility index (Phi) is 5.32. The molecule has 0 aliphatic rings. The van der Waals surface area contributed by atoms with Gasteiger partial charge in [-0.3, -0.25) is 0 Å². The lowest BCUT2D eigenvalue weighted by Gasteiger charge is -2.13. The zero-order valence-corrected chi connectivity index (χ0v) is 14.7. The molecule has 24 heavy (non-hydrogen) atoms. The summed E-state index contributed by atoms with van der Waals surface area (Å²) in [7, 11) is 0. The van der Waals surface area contributed by atoms with Gasteiger partial charge in [-0.25, -0.2) is 14.5 Å². The predicted octanol–water partition coefficient (Wildman–Crippen LogP) is 4.55. The molecule has 0 saturated carbocycles. The number of nitrogens with zero attached hydrogens (tertiary/aromatic N) is 2. The monoisotopic (exact) mass is 410 g/mol. The van der Waals surface area contributed by atoms with Crippen LogP contribution < -0.4 is 10.1 Å². The molecule has 0 unspecified atom stereocenters. The molecule has 0 fully saturated rings. The van der Waals surface area contributed by atoms with E-state index in [1.807, 2.05) is 18.2 Å². The van der Waals surface area contributed by atoms with Crippen molar-refractivity contribution in [1.82, 2.24) is 15.2 Å². The fourth-order valence-corrected chi connectivity index (χ4v) is 2.72. The summed E-state index contributed by atoms with van der Waals surface area (Å²) in [6.07, 6.45) is 1.43. The van der Waals surface area contributed by atoms with Crippen molar-refractivity contribution in [3.63, 3.8) is 0 Å². The second kappa shape index (κ2) is 7.63. The van der Waals surface area contributed by atoms with Crippen LogP contribution in [0.5, 0.6) is 5.75 Å². The van der Waals surface area contributed by atoms with Crippen molar-refractivity contribution in [2.24, 2.45) is 0 Å². The van der Waals surface area contributed by atoms with Gasteiger partial charge in [0, 0.05) is 22.1 Å². The van der Waals surface area contributed by atoms with Gasteiger partial charge in [-0.2, -0.15) is 5.10 Å². The molecule has 0 spiro atoms. The maximum Gasteiger partial charge on any atom is 0.218 e. The van der Waals surface area contributed by atoms with E-state index in [9.17, 15) is 4.39 Å². The van der Waals surface area contributed by atoms with Crippen LogP contribution in [0, 0.1) is 5.82 Å². The van der Waals surface area contributed by atoms with E-state index in [-0.39, 0.29) is 12.4 Å². The summed E-state index contributed by atoms with van der Waals surface area (Å²) in [6, 6.07) is 9.94. The number of hydrogen-bond acceptors (Lipinski definition) is 4. The van der Waals surface area contributed by atoms with Gasteiger partial charge in [0.05, 0.1) is 5.02 Å². The number of aromatic amines is 1. The quantitative estimate of drug-likeness (QED) is 0.624. The lowest BCUT2D eigenvalue weighted by molar-refractivity contribution is 0.303. The highest BCUT2D eigenvalue weighted by Crippen LogP contribution is 2.26. The summed E-state index contributed by atoms with van der Waals surface area (Å²) in [6.45, 7) is 0.747. The van der Waals surface area contributed by atoms with Crippen LogP contribution in [0.4, 0.5) is 10.3 Å². The van der Waals surface area contributed by atoms with Crippen molar-refractivity contribution in [1.29, 1.82) is 0 Å². The highest BCUT2D eigenvalue weighted by molar-refractivity contribution is 9.10. The van der Waals surface area contributed by atoms with Gasteiger partial charge >= 0.3 is 0 Å². The van der Waals surface area contributed by atoms with Gasteiger partial charge < -0.3 is 10.1 Å². The average Bonchev–Trinajstić information content (AvgIpc) is 3.07. The van der Waals surface area contributed by atoms with Crippen molar-refractivity contribution in [3.8, 4) is 5.75 Å². The van der Waals surface area contributed by atoms with E-state index < -0.39 is 0 Å². The first kappa shape index (κ1) is 16.7. The fraction of sp³-hybridized carbons (Fsp3) is 0.125. The molecule has 0 saturated heterocycles. The molecule has 0 radical (unpaired) electrons. The number of nitrogens with one attached hydrogen (secondary N) is 2. The van der Waals surface area contributed by atoms with Crippen molar-refractivity contribution in [2.75, 3.05) is 5.32 Å². The molecule has 1 aromatic heterocycles. The predicted molar refractivity (Wildman–Crippen MR) is 93.6 cm³/mol. The molecule has 0 aliphatic heterocycles. The van der Waals surface area contributed by atoms with Crippen LogP contribution in [0.3, 0.4) is 0 Å². The summed E-state index contributed by atoms with van der Waals surface area (Å²) < 4.78 is 19.9. The standard InChI is InChI=1S/C16H13BrClFN4O/c17-12-2-4-15(11(5-12)7-20-16-21-9-22-23-16)24-8-10-1-3-13(19)6-14(10)18/h1-6,9H,7-8H2,(H2,20,21,22,23). The molecular weight excluding hydrogens is 399 g/mol. The van der Waals surface area contributed by atoms with E-state index in [0.29, 0.717) is 23.3 Å². The third-order valence-corrected chi connectivity index (χ3v) is 4.13. The van der Waals surface area contributed by atoms with Crippen LogP contribution in [-0.4, -0.2) is 15.2 Å². The first-order chi connectivity index (χ1) is 11.6. The van der Waals surface area contributed by atoms with E-state index >= 15 is 0 Å². The minimum absolute atomic E-state index is 0.246.